The van der Waals surface area contributed by atoms with Gasteiger partial charge in [-0.3, -0.25) is 4.90 Å². The van der Waals surface area contributed by atoms with Crippen LogP contribution in [0.5, 0.6) is 5.75 Å². The standard InChI is InChI=1S/C14H23ClN2O/c1-4-8-17(10-9-16(2)3)11-12-6-5-7-13(15)14(12)18/h5-7,18H,4,8-11H2,1-3H3. The van der Waals surface area contributed by atoms with E-state index in [2.05, 4.69) is 30.8 Å². The molecule has 0 aromatic heterocycles. The fraction of sp³-hybridized carbons (Fsp3) is 0.571. The van der Waals surface area contributed by atoms with E-state index in [0.29, 0.717) is 5.02 Å². The second-order valence-electron chi connectivity index (χ2n) is 4.83. The van der Waals surface area contributed by atoms with Gasteiger partial charge in [-0.1, -0.05) is 30.7 Å². The van der Waals surface area contributed by atoms with Crippen molar-refractivity contribution in [3.63, 3.8) is 0 Å². The highest BCUT2D eigenvalue weighted by molar-refractivity contribution is 6.32. The first kappa shape index (κ1) is 15.3. The van der Waals surface area contributed by atoms with Crippen LogP contribution in [-0.4, -0.2) is 48.6 Å². The summed E-state index contributed by atoms with van der Waals surface area (Å²) in [4.78, 5) is 4.51. The van der Waals surface area contributed by atoms with Crippen LogP contribution in [0.4, 0.5) is 0 Å². The second-order valence-corrected chi connectivity index (χ2v) is 5.23. The highest BCUT2D eigenvalue weighted by atomic mass is 35.5. The number of phenols is 1. The molecule has 18 heavy (non-hydrogen) atoms. The van der Waals surface area contributed by atoms with Crippen molar-refractivity contribution < 1.29 is 5.11 Å². The first-order valence-electron chi connectivity index (χ1n) is 6.38. The van der Waals surface area contributed by atoms with Gasteiger partial charge >= 0.3 is 0 Å². The van der Waals surface area contributed by atoms with Gasteiger partial charge in [0, 0.05) is 25.2 Å². The predicted molar refractivity (Wildman–Crippen MR) is 77.2 cm³/mol. The number of benzene rings is 1. The highest BCUT2D eigenvalue weighted by Crippen LogP contribution is 2.27. The number of rotatable bonds is 7. The molecule has 1 aromatic carbocycles. The molecule has 0 fully saturated rings. The van der Waals surface area contributed by atoms with Gasteiger partial charge in [0.25, 0.3) is 0 Å². The van der Waals surface area contributed by atoms with Crippen molar-refractivity contribution in [3.8, 4) is 5.75 Å². The third-order valence-electron chi connectivity index (χ3n) is 2.87. The molecule has 1 rings (SSSR count). The van der Waals surface area contributed by atoms with Crippen LogP contribution in [0, 0.1) is 0 Å². The minimum absolute atomic E-state index is 0.213. The molecule has 0 bridgehead atoms. The van der Waals surface area contributed by atoms with Gasteiger partial charge in [0.2, 0.25) is 0 Å². The molecular formula is C14H23ClN2O. The van der Waals surface area contributed by atoms with Gasteiger partial charge in [0.15, 0.2) is 0 Å². The Morgan fingerprint density at radius 1 is 1.17 bits per heavy atom. The van der Waals surface area contributed by atoms with E-state index in [9.17, 15) is 5.11 Å². The SMILES string of the molecule is CCCN(CCN(C)C)Cc1cccc(Cl)c1O. The predicted octanol–water partition coefficient (Wildman–Crippen LogP) is 2.82. The van der Waals surface area contributed by atoms with E-state index >= 15 is 0 Å². The number of likely N-dealkylation sites (N-methyl/N-ethyl adjacent to an activating group) is 1. The summed E-state index contributed by atoms with van der Waals surface area (Å²) in [5.74, 6) is 0.213. The Balaban J connectivity index is 2.67. The topological polar surface area (TPSA) is 26.7 Å². The fourth-order valence-corrected chi connectivity index (χ4v) is 2.05. The molecule has 3 nitrogen and oxygen atoms in total. The Morgan fingerprint density at radius 2 is 1.89 bits per heavy atom. The number of halogens is 1. The summed E-state index contributed by atoms with van der Waals surface area (Å²) >= 11 is 5.93. The van der Waals surface area contributed by atoms with E-state index in [1.165, 1.54) is 0 Å². The zero-order chi connectivity index (χ0) is 13.5. The third kappa shape index (κ3) is 4.84. The van der Waals surface area contributed by atoms with Gasteiger partial charge < -0.3 is 10.0 Å². The smallest absolute Gasteiger partial charge is 0.138 e. The Morgan fingerprint density at radius 3 is 2.50 bits per heavy atom. The first-order valence-corrected chi connectivity index (χ1v) is 6.75. The van der Waals surface area contributed by atoms with Gasteiger partial charge in [-0.15, -0.1) is 0 Å². The van der Waals surface area contributed by atoms with Gasteiger partial charge in [0.1, 0.15) is 5.75 Å². The van der Waals surface area contributed by atoms with Crippen LogP contribution in [0.3, 0.4) is 0 Å². The number of aromatic hydroxyl groups is 1. The lowest BCUT2D eigenvalue weighted by molar-refractivity contribution is 0.231. The molecule has 1 N–H and O–H groups in total. The second kappa shape index (κ2) is 7.62. The minimum atomic E-state index is 0.213. The van der Waals surface area contributed by atoms with Crippen LogP contribution in [0.1, 0.15) is 18.9 Å². The van der Waals surface area contributed by atoms with Crippen molar-refractivity contribution in [2.24, 2.45) is 0 Å². The van der Waals surface area contributed by atoms with Crippen LogP contribution in [0.2, 0.25) is 5.02 Å². The monoisotopic (exact) mass is 270 g/mol. The summed E-state index contributed by atoms with van der Waals surface area (Å²) in [5.41, 5.74) is 0.898. The molecule has 102 valence electrons. The molecule has 0 aliphatic rings. The van der Waals surface area contributed by atoms with E-state index in [-0.39, 0.29) is 5.75 Å². The Bertz CT molecular complexity index is 369. The molecule has 0 aliphatic heterocycles. The van der Waals surface area contributed by atoms with Crippen LogP contribution >= 0.6 is 11.6 Å². The molecule has 0 amide bonds. The number of nitrogens with zero attached hydrogens (tertiary/aromatic N) is 2. The van der Waals surface area contributed by atoms with Crippen molar-refractivity contribution in [1.82, 2.24) is 9.80 Å². The molecular weight excluding hydrogens is 248 g/mol. The van der Waals surface area contributed by atoms with Crippen LogP contribution in [0.15, 0.2) is 18.2 Å². The number of hydrogen-bond donors (Lipinski definition) is 1. The summed E-state index contributed by atoms with van der Waals surface area (Å²) in [7, 11) is 4.14. The Hall–Kier alpha value is -0.770. The first-order chi connectivity index (χ1) is 8.54. The van der Waals surface area contributed by atoms with Gasteiger partial charge in [0.05, 0.1) is 5.02 Å². The van der Waals surface area contributed by atoms with E-state index in [0.717, 1.165) is 38.2 Å². The largest absolute Gasteiger partial charge is 0.506 e. The van der Waals surface area contributed by atoms with Crippen LogP contribution < -0.4 is 0 Å². The maximum Gasteiger partial charge on any atom is 0.138 e. The van der Waals surface area contributed by atoms with Gasteiger partial charge in [-0.05, 0) is 33.1 Å². The van der Waals surface area contributed by atoms with E-state index < -0.39 is 0 Å². The quantitative estimate of drug-likeness (QED) is 0.825. The molecule has 0 unspecified atom stereocenters. The Labute approximate surface area is 115 Å². The fourth-order valence-electron chi connectivity index (χ4n) is 1.86. The highest BCUT2D eigenvalue weighted by Gasteiger charge is 2.10. The normalized spacial score (nSPS) is 11.4. The molecule has 0 saturated carbocycles. The molecule has 0 saturated heterocycles. The van der Waals surface area contributed by atoms with Crippen molar-refractivity contribution >= 4 is 11.6 Å². The zero-order valence-electron chi connectivity index (χ0n) is 11.5. The molecule has 0 radical (unpaired) electrons. The van der Waals surface area contributed by atoms with E-state index in [4.69, 9.17) is 11.6 Å². The summed E-state index contributed by atoms with van der Waals surface area (Å²) in [6, 6.07) is 5.53. The third-order valence-corrected chi connectivity index (χ3v) is 3.17. The molecule has 0 heterocycles. The lowest BCUT2D eigenvalue weighted by Gasteiger charge is -2.24. The average Bonchev–Trinajstić information content (AvgIpc) is 2.32. The van der Waals surface area contributed by atoms with Crippen molar-refractivity contribution in [2.75, 3.05) is 33.7 Å². The molecule has 0 atom stereocenters. The maximum atomic E-state index is 9.92. The lowest BCUT2D eigenvalue weighted by atomic mass is 10.2. The average molecular weight is 271 g/mol. The Kier molecular flexibility index (Phi) is 6.47. The summed E-state index contributed by atoms with van der Waals surface area (Å²) in [6.07, 6.45) is 1.11. The molecule has 0 aliphatic carbocycles. The van der Waals surface area contributed by atoms with Gasteiger partial charge in [-0.2, -0.15) is 0 Å². The number of hydrogen-bond acceptors (Lipinski definition) is 3. The molecule has 4 heteroatoms. The summed E-state index contributed by atoms with van der Waals surface area (Å²) in [5, 5.41) is 10.4. The lowest BCUT2D eigenvalue weighted by Crippen LogP contribution is -2.32. The zero-order valence-corrected chi connectivity index (χ0v) is 12.2. The van der Waals surface area contributed by atoms with Crippen LogP contribution in [0.25, 0.3) is 0 Å². The molecule has 1 aromatic rings. The summed E-state index contributed by atoms with van der Waals surface area (Å²) < 4.78 is 0. The van der Waals surface area contributed by atoms with Crippen molar-refractivity contribution in [3.05, 3.63) is 28.8 Å². The van der Waals surface area contributed by atoms with E-state index in [1.54, 1.807) is 6.07 Å². The number of para-hydroxylation sites is 1. The number of phenolic OH excluding ortho intramolecular Hbond substituents is 1. The van der Waals surface area contributed by atoms with Crippen molar-refractivity contribution in [1.29, 1.82) is 0 Å². The minimum Gasteiger partial charge on any atom is -0.506 e. The van der Waals surface area contributed by atoms with Crippen molar-refractivity contribution in [2.45, 2.75) is 19.9 Å². The van der Waals surface area contributed by atoms with Gasteiger partial charge in [-0.25, -0.2) is 0 Å². The molecule has 0 spiro atoms. The maximum absolute atomic E-state index is 9.92. The summed E-state index contributed by atoms with van der Waals surface area (Å²) in [6.45, 7) is 5.95. The van der Waals surface area contributed by atoms with E-state index in [1.807, 2.05) is 12.1 Å². The van der Waals surface area contributed by atoms with Crippen LogP contribution in [-0.2, 0) is 6.54 Å².